The summed E-state index contributed by atoms with van der Waals surface area (Å²) in [5.41, 5.74) is 0.824. The van der Waals surface area contributed by atoms with Crippen LogP contribution in [0.1, 0.15) is 24.2 Å². The molecule has 0 saturated carbocycles. The van der Waals surface area contributed by atoms with Crippen LogP contribution in [0.25, 0.3) is 11.0 Å². The Morgan fingerprint density at radius 1 is 1.13 bits per heavy atom. The Bertz CT molecular complexity index is 915. The molecule has 3 aromatic rings. The van der Waals surface area contributed by atoms with E-state index in [1.807, 2.05) is 18.2 Å². The van der Waals surface area contributed by atoms with Gasteiger partial charge in [0.25, 0.3) is 0 Å². The molecular weight excluding hydrogens is 316 g/mol. The molecule has 116 valence electrons. The molecule has 23 heavy (non-hydrogen) atoms. The number of hydrogen-bond acceptors (Lipinski definition) is 4. The lowest BCUT2D eigenvalue weighted by molar-refractivity contribution is -0.144. The average molecular weight is 329 g/mol. The largest absolute Gasteiger partial charge is 0.452 e. The maximum atomic E-state index is 12.3. The number of halogens is 1. The summed E-state index contributed by atoms with van der Waals surface area (Å²) in [4.78, 5) is 23.8. The first-order valence-corrected chi connectivity index (χ1v) is 7.38. The first kappa shape index (κ1) is 15.3. The number of hydrogen-bond donors (Lipinski definition) is 0. The third kappa shape index (κ3) is 3.27. The zero-order valence-corrected chi connectivity index (χ0v) is 13.0. The topological polar surface area (TPSA) is 56.5 Å². The van der Waals surface area contributed by atoms with Gasteiger partial charge in [-0.1, -0.05) is 41.9 Å². The Morgan fingerprint density at radius 2 is 1.87 bits per heavy atom. The van der Waals surface area contributed by atoms with E-state index in [2.05, 4.69) is 0 Å². The fourth-order valence-electron chi connectivity index (χ4n) is 2.40. The highest BCUT2D eigenvalue weighted by Crippen LogP contribution is 2.27. The molecule has 0 N–H and O–H groups in total. The van der Waals surface area contributed by atoms with Gasteiger partial charge in [-0.05, 0) is 29.8 Å². The zero-order chi connectivity index (χ0) is 16.4. The standard InChI is InChI=1S/C18H13ClO4/c1-11(20)22-17(12-5-3-2-4-6-12)15-10-13-9-14(19)7-8-16(13)23-18(15)21/h2-10,17H,1H3. The van der Waals surface area contributed by atoms with E-state index in [1.54, 1.807) is 36.4 Å². The maximum Gasteiger partial charge on any atom is 0.343 e. The minimum Gasteiger partial charge on any atom is -0.452 e. The Morgan fingerprint density at radius 3 is 2.57 bits per heavy atom. The summed E-state index contributed by atoms with van der Waals surface area (Å²) >= 11 is 5.99. The van der Waals surface area contributed by atoms with E-state index in [-0.39, 0.29) is 5.56 Å². The molecule has 0 aliphatic heterocycles. The second-order valence-electron chi connectivity index (χ2n) is 5.07. The molecule has 4 nitrogen and oxygen atoms in total. The van der Waals surface area contributed by atoms with Crippen molar-refractivity contribution in [2.24, 2.45) is 0 Å². The maximum absolute atomic E-state index is 12.3. The van der Waals surface area contributed by atoms with Gasteiger partial charge in [-0.25, -0.2) is 4.79 Å². The molecule has 2 aromatic carbocycles. The molecular formula is C18H13ClO4. The molecule has 0 aliphatic carbocycles. The lowest BCUT2D eigenvalue weighted by Crippen LogP contribution is -2.18. The van der Waals surface area contributed by atoms with Gasteiger partial charge in [-0.2, -0.15) is 0 Å². The van der Waals surface area contributed by atoms with Gasteiger partial charge in [0.1, 0.15) is 5.58 Å². The summed E-state index contributed by atoms with van der Waals surface area (Å²) in [6.45, 7) is 1.30. The Hall–Kier alpha value is -2.59. The minimum absolute atomic E-state index is 0.251. The fraction of sp³-hybridized carbons (Fsp3) is 0.111. The van der Waals surface area contributed by atoms with E-state index in [1.165, 1.54) is 6.92 Å². The van der Waals surface area contributed by atoms with Gasteiger partial charge in [0.15, 0.2) is 6.10 Å². The van der Waals surface area contributed by atoms with Gasteiger partial charge < -0.3 is 9.15 Å². The third-order valence-corrected chi connectivity index (χ3v) is 3.62. The van der Waals surface area contributed by atoms with Crippen molar-refractivity contribution in [3.63, 3.8) is 0 Å². The zero-order valence-electron chi connectivity index (χ0n) is 12.3. The monoisotopic (exact) mass is 328 g/mol. The molecule has 0 amide bonds. The van der Waals surface area contributed by atoms with Crippen molar-refractivity contribution >= 4 is 28.5 Å². The van der Waals surface area contributed by atoms with Gasteiger partial charge in [0, 0.05) is 17.3 Å². The molecule has 0 spiro atoms. The molecule has 0 fully saturated rings. The van der Waals surface area contributed by atoms with Gasteiger partial charge in [0.05, 0.1) is 5.56 Å². The molecule has 0 aliphatic rings. The predicted molar refractivity (Wildman–Crippen MR) is 87.5 cm³/mol. The van der Waals surface area contributed by atoms with Crippen LogP contribution in [0.5, 0.6) is 0 Å². The van der Waals surface area contributed by atoms with E-state index in [9.17, 15) is 9.59 Å². The highest BCUT2D eigenvalue weighted by Gasteiger charge is 2.22. The second kappa shape index (κ2) is 6.26. The molecule has 0 bridgehead atoms. The van der Waals surface area contributed by atoms with Crippen molar-refractivity contribution in [2.45, 2.75) is 13.0 Å². The van der Waals surface area contributed by atoms with Crippen LogP contribution in [0.4, 0.5) is 0 Å². The van der Waals surface area contributed by atoms with Gasteiger partial charge >= 0.3 is 11.6 Å². The molecule has 1 heterocycles. The van der Waals surface area contributed by atoms with Gasteiger partial charge in [-0.3, -0.25) is 4.79 Å². The number of ether oxygens (including phenoxy) is 1. The first-order valence-electron chi connectivity index (χ1n) is 7.00. The van der Waals surface area contributed by atoms with Crippen LogP contribution in [-0.2, 0) is 9.53 Å². The van der Waals surface area contributed by atoms with Gasteiger partial charge in [0.2, 0.25) is 0 Å². The summed E-state index contributed by atoms with van der Waals surface area (Å²) in [6, 6.07) is 15.7. The van der Waals surface area contributed by atoms with Crippen LogP contribution in [0.3, 0.4) is 0 Å². The SMILES string of the molecule is CC(=O)OC(c1ccccc1)c1cc2cc(Cl)ccc2oc1=O. The highest BCUT2D eigenvalue weighted by atomic mass is 35.5. The van der Waals surface area contributed by atoms with Crippen LogP contribution in [-0.4, -0.2) is 5.97 Å². The normalized spacial score (nSPS) is 12.1. The van der Waals surface area contributed by atoms with Crippen LogP contribution < -0.4 is 5.63 Å². The Balaban J connectivity index is 2.19. The molecule has 3 rings (SSSR count). The molecule has 5 heteroatoms. The van der Waals surface area contributed by atoms with Gasteiger partial charge in [-0.15, -0.1) is 0 Å². The number of rotatable bonds is 3. The van der Waals surface area contributed by atoms with Crippen molar-refractivity contribution in [3.8, 4) is 0 Å². The minimum atomic E-state index is -0.826. The Labute approximate surface area is 137 Å². The first-order chi connectivity index (χ1) is 11.0. The average Bonchev–Trinajstić information content (AvgIpc) is 2.53. The van der Waals surface area contributed by atoms with E-state index < -0.39 is 17.7 Å². The Kier molecular flexibility index (Phi) is 4.17. The smallest absolute Gasteiger partial charge is 0.343 e. The van der Waals surface area contributed by atoms with Crippen LogP contribution in [0.15, 0.2) is 63.8 Å². The number of carbonyl (C=O) groups is 1. The summed E-state index contributed by atoms with van der Waals surface area (Å²) in [5, 5.41) is 1.20. The molecule has 0 radical (unpaired) electrons. The van der Waals surface area contributed by atoms with Crippen molar-refractivity contribution in [2.75, 3.05) is 0 Å². The van der Waals surface area contributed by atoms with Crippen molar-refractivity contribution in [1.82, 2.24) is 0 Å². The molecule has 1 atom stereocenters. The predicted octanol–water partition coefficient (Wildman–Crippen LogP) is 4.10. The van der Waals surface area contributed by atoms with E-state index >= 15 is 0 Å². The summed E-state index contributed by atoms with van der Waals surface area (Å²) < 4.78 is 10.7. The van der Waals surface area contributed by atoms with Crippen LogP contribution in [0.2, 0.25) is 5.02 Å². The number of fused-ring (bicyclic) bond motifs is 1. The third-order valence-electron chi connectivity index (χ3n) is 3.39. The molecule has 1 unspecified atom stereocenters. The van der Waals surface area contributed by atoms with E-state index in [4.69, 9.17) is 20.8 Å². The lowest BCUT2D eigenvalue weighted by Gasteiger charge is -2.17. The summed E-state index contributed by atoms with van der Waals surface area (Å²) in [7, 11) is 0. The van der Waals surface area contributed by atoms with Crippen molar-refractivity contribution in [3.05, 3.63) is 81.2 Å². The van der Waals surface area contributed by atoms with Crippen LogP contribution in [0, 0.1) is 0 Å². The second-order valence-corrected chi connectivity index (χ2v) is 5.51. The number of esters is 1. The van der Waals surface area contributed by atoms with Crippen LogP contribution >= 0.6 is 11.6 Å². The van der Waals surface area contributed by atoms with E-state index in [0.29, 0.717) is 21.6 Å². The quantitative estimate of drug-likeness (QED) is 0.536. The van der Waals surface area contributed by atoms with Crippen molar-refractivity contribution < 1.29 is 13.9 Å². The molecule has 0 saturated heterocycles. The molecule has 1 aromatic heterocycles. The highest BCUT2D eigenvalue weighted by molar-refractivity contribution is 6.31. The van der Waals surface area contributed by atoms with Crippen molar-refractivity contribution in [1.29, 1.82) is 0 Å². The number of benzene rings is 2. The summed E-state index contributed by atoms with van der Waals surface area (Å²) in [5.74, 6) is -0.482. The summed E-state index contributed by atoms with van der Waals surface area (Å²) in [6.07, 6.45) is -0.826. The lowest BCUT2D eigenvalue weighted by atomic mass is 10.0. The number of carbonyl (C=O) groups excluding carboxylic acids is 1. The fourth-order valence-corrected chi connectivity index (χ4v) is 2.58. The van der Waals surface area contributed by atoms with E-state index in [0.717, 1.165) is 0 Å².